The molecule has 3 aromatic heterocycles. The largest absolute Gasteiger partial charge is 0.492 e. The molecule has 164 valence electrons. The maximum atomic E-state index is 5.79. The van der Waals surface area contributed by atoms with Gasteiger partial charge in [-0.1, -0.05) is 6.92 Å². The highest BCUT2D eigenvalue weighted by Gasteiger charge is 2.20. The first-order valence-electron chi connectivity index (χ1n) is 10.1. The predicted molar refractivity (Wildman–Crippen MR) is 124 cm³/mol. The lowest BCUT2D eigenvalue weighted by molar-refractivity contribution is 0.162. The van der Waals surface area contributed by atoms with Crippen molar-refractivity contribution in [1.29, 1.82) is 0 Å². The molecule has 0 bridgehead atoms. The van der Waals surface area contributed by atoms with E-state index in [0.717, 1.165) is 39.8 Å². The van der Waals surface area contributed by atoms with Crippen LogP contribution in [0.4, 0.5) is 5.82 Å². The topological polar surface area (TPSA) is 91.3 Å². The minimum Gasteiger partial charge on any atom is -0.492 e. The molecule has 9 heteroatoms. The van der Waals surface area contributed by atoms with Gasteiger partial charge >= 0.3 is 0 Å². The van der Waals surface area contributed by atoms with E-state index in [1.54, 1.807) is 18.7 Å². The molecule has 1 aliphatic rings. The molecule has 1 atom stereocenters. The lowest BCUT2D eigenvalue weighted by atomic mass is 10.0. The molecule has 0 saturated heterocycles. The van der Waals surface area contributed by atoms with Crippen LogP contribution < -0.4 is 19.5 Å². The van der Waals surface area contributed by atoms with Gasteiger partial charge in [0.05, 0.1) is 18.0 Å². The fourth-order valence-electron chi connectivity index (χ4n) is 3.30. The van der Waals surface area contributed by atoms with Crippen LogP contribution in [0, 0.1) is 6.92 Å². The molecule has 4 rings (SSSR count). The van der Waals surface area contributed by atoms with Crippen LogP contribution in [0.2, 0.25) is 0 Å². The predicted octanol–water partition coefficient (Wildman–Crippen LogP) is 3.74. The highest BCUT2D eigenvalue weighted by Crippen LogP contribution is 2.35. The lowest BCUT2D eigenvalue weighted by Gasteiger charge is -2.22. The van der Waals surface area contributed by atoms with E-state index in [2.05, 4.69) is 32.2 Å². The van der Waals surface area contributed by atoms with Crippen LogP contribution in [0.3, 0.4) is 0 Å². The molecule has 1 N–H and O–H groups in total. The first-order valence-corrected chi connectivity index (χ1v) is 10.1. The highest BCUT2D eigenvalue weighted by atomic mass is 32.1. The van der Waals surface area contributed by atoms with Crippen LogP contribution in [0.15, 0.2) is 36.9 Å². The number of anilines is 1. The molecule has 0 amide bonds. The molecule has 0 aromatic carbocycles. The van der Waals surface area contributed by atoms with Crippen LogP contribution in [0.5, 0.6) is 17.4 Å². The van der Waals surface area contributed by atoms with Crippen LogP contribution in [-0.4, -0.2) is 46.3 Å². The van der Waals surface area contributed by atoms with Crippen molar-refractivity contribution in [3.05, 3.63) is 48.2 Å². The van der Waals surface area contributed by atoms with Crippen molar-refractivity contribution in [1.82, 2.24) is 19.9 Å². The summed E-state index contributed by atoms with van der Waals surface area (Å²) in [4.78, 5) is 17.4. The van der Waals surface area contributed by atoms with Gasteiger partial charge in [-0.2, -0.15) is 13.5 Å². The van der Waals surface area contributed by atoms with Crippen molar-refractivity contribution in [2.45, 2.75) is 26.7 Å². The Morgan fingerprint density at radius 2 is 1.97 bits per heavy atom. The molecule has 31 heavy (non-hydrogen) atoms. The molecule has 8 nitrogen and oxygen atoms in total. The van der Waals surface area contributed by atoms with E-state index >= 15 is 0 Å². The van der Waals surface area contributed by atoms with E-state index < -0.39 is 0 Å². The van der Waals surface area contributed by atoms with Gasteiger partial charge in [0, 0.05) is 42.0 Å². The second-order valence-electron chi connectivity index (χ2n) is 7.04. The molecule has 4 heterocycles. The van der Waals surface area contributed by atoms with Crippen molar-refractivity contribution < 1.29 is 14.2 Å². The smallest absolute Gasteiger partial charge is 0.257 e. The summed E-state index contributed by atoms with van der Waals surface area (Å²) in [6.07, 6.45) is 5.10. The van der Waals surface area contributed by atoms with E-state index in [1.165, 1.54) is 0 Å². The quantitative estimate of drug-likeness (QED) is 0.593. The van der Waals surface area contributed by atoms with E-state index in [9.17, 15) is 0 Å². The number of ether oxygens (including phenoxy) is 3. The Balaban J connectivity index is 0.00000272. The number of pyridine rings is 2. The Morgan fingerprint density at radius 1 is 1.13 bits per heavy atom. The summed E-state index contributed by atoms with van der Waals surface area (Å²) in [7, 11) is 0. The van der Waals surface area contributed by atoms with Gasteiger partial charge in [-0.25, -0.2) is 15.0 Å². The number of hydrogen-bond donors (Lipinski definition) is 1. The average molecular weight is 442 g/mol. The van der Waals surface area contributed by atoms with Crippen molar-refractivity contribution in [2.75, 3.05) is 31.7 Å². The lowest BCUT2D eigenvalue weighted by Crippen LogP contribution is -2.19. The number of nitrogens with one attached hydrogen (secondary N) is 1. The second kappa shape index (κ2) is 10.3. The number of nitrogens with zero attached hydrogens (tertiary/aromatic N) is 4. The maximum Gasteiger partial charge on any atom is 0.257 e. The van der Waals surface area contributed by atoms with Crippen molar-refractivity contribution in [2.24, 2.45) is 0 Å². The minimum absolute atomic E-state index is 0. The first kappa shape index (κ1) is 22.6. The Hall–Kier alpha value is -3.07. The number of aromatic nitrogens is 4. The summed E-state index contributed by atoms with van der Waals surface area (Å²) in [5, 5.41) is 3.39. The van der Waals surface area contributed by atoms with E-state index in [0.29, 0.717) is 32.2 Å². The summed E-state index contributed by atoms with van der Waals surface area (Å²) in [6.45, 7) is 8.34. The molecular weight excluding hydrogens is 414 g/mol. The number of fused-ring (bicyclic) bond motifs is 1. The summed E-state index contributed by atoms with van der Waals surface area (Å²) >= 11 is 0. The van der Waals surface area contributed by atoms with Crippen molar-refractivity contribution in [3.8, 4) is 28.6 Å². The fourth-order valence-corrected chi connectivity index (χ4v) is 3.30. The number of aryl methyl sites for hydroxylation is 1. The van der Waals surface area contributed by atoms with Crippen LogP contribution >= 0.6 is 13.5 Å². The van der Waals surface area contributed by atoms with Gasteiger partial charge in [0.1, 0.15) is 31.1 Å². The van der Waals surface area contributed by atoms with Gasteiger partial charge in [0.2, 0.25) is 0 Å². The van der Waals surface area contributed by atoms with Gasteiger partial charge in [0.25, 0.3) is 5.88 Å². The average Bonchev–Trinajstić information content (AvgIpc) is 2.79. The normalized spacial score (nSPS) is 13.1. The third kappa shape index (κ3) is 5.16. The van der Waals surface area contributed by atoms with Crippen molar-refractivity contribution in [3.63, 3.8) is 0 Å². The zero-order valence-corrected chi connectivity index (χ0v) is 18.9. The van der Waals surface area contributed by atoms with Gasteiger partial charge in [0.15, 0.2) is 5.75 Å². The standard InChI is InChI=1S/C22H25N5O3.H2S/c1-4-28-19-9-16(12-24-15(19)3)18-10-20(27-13-26-18)25-11-14(2)17-5-6-23-22-21(17)29-7-8-30-22;/h5-6,9-10,12-14H,4,7-8,11H2,1-3H3,(H,25,26,27);1H2/t14-;/m1./s1. The molecule has 0 saturated carbocycles. The Bertz CT molecular complexity index is 1030. The molecule has 0 aliphatic carbocycles. The van der Waals surface area contributed by atoms with E-state index in [1.807, 2.05) is 32.0 Å². The summed E-state index contributed by atoms with van der Waals surface area (Å²) in [5.41, 5.74) is 3.59. The number of rotatable bonds is 7. The van der Waals surface area contributed by atoms with E-state index in [4.69, 9.17) is 14.2 Å². The van der Waals surface area contributed by atoms with Crippen LogP contribution in [0.25, 0.3) is 11.3 Å². The fraction of sp³-hybridized carbons (Fsp3) is 0.364. The molecule has 1 aliphatic heterocycles. The van der Waals surface area contributed by atoms with Gasteiger partial charge in [-0.15, -0.1) is 0 Å². The highest BCUT2D eigenvalue weighted by molar-refractivity contribution is 7.59. The van der Waals surface area contributed by atoms with Gasteiger partial charge in [-0.05, 0) is 26.0 Å². The van der Waals surface area contributed by atoms with Gasteiger partial charge < -0.3 is 19.5 Å². The third-order valence-corrected chi connectivity index (χ3v) is 4.89. The molecule has 0 spiro atoms. The van der Waals surface area contributed by atoms with Gasteiger partial charge in [-0.3, -0.25) is 4.98 Å². The molecule has 3 aromatic rings. The zero-order chi connectivity index (χ0) is 20.9. The molecular formula is C22H27N5O3S. The summed E-state index contributed by atoms with van der Waals surface area (Å²) in [5.74, 6) is 2.97. The maximum absolute atomic E-state index is 5.79. The minimum atomic E-state index is 0. The van der Waals surface area contributed by atoms with Crippen molar-refractivity contribution >= 4 is 19.3 Å². The monoisotopic (exact) mass is 441 g/mol. The third-order valence-electron chi connectivity index (χ3n) is 4.89. The van der Waals surface area contributed by atoms with Crippen LogP contribution in [-0.2, 0) is 0 Å². The summed E-state index contributed by atoms with van der Waals surface area (Å²) in [6, 6.07) is 5.84. The van der Waals surface area contributed by atoms with Crippen LogP contribution in [0.1, 0.15) is 31.0 Å². The number of hydrogen-bond acceptors (Lipinski definition) is 8. The Morgan fingerprint density at radius 3 is 2.81 bits per heavy atom. The van der Waals surface area contributed by atoms with E-state index in [-0.39, 0.29) is 19.4 Å². The Kier molecular flexibility index (Phi) is 7.51. The molecule has 0 unspecified atom stereocenters. The SMILES string of the molecule is CCOc1cc(-c2cc(NC[C@@H](C)c3ccnc4c3OCCO4)ncn2)cnc1C.S. The zero-order valence-electron chi connectivity index (χ0n) is 17.9. The molecule has 0 fully saturated rings. The molecule has 0 radical (unpaired) electrons. The Labute approximate surface area is 188 Å². The first-order chi connectivity index (χ1) is 14.7. The second-order valence-corrected chi connectivity index (χ2v) is 7.04. The summed E-state index contributed by atoms with van der Waals surface area (Å²) < 4.78 is 17.0.